The summed E-state index contributed by atoms with van der Waals surface area (Å²) < 4.78 is 4.94. The Kier molecular flexibility index (Phi) is 3.46. The highest BCUT2D eigenvalue weighted by Crippen LogP contribution is 2.28. The second kappa shape index (κ2) is 4.40. The van der Waals surface area contributed by atoms with E-state index >= 15 is 0 Å². The molecule has 0 aromatic carbocycles. The van der Waals surface area contributed by atoms with Crippen LogP contribution in [0.25, 0.3) is 0 Å². The molecule has 0 aliphatic heterocycles. The molecule has 2 atom stereocenters. The molecule has 1 aliphatic carbocycles. The molecule has 3 nitrogen and oxygen atoms in total. The molecule has 74 valence electrons. The van der Waals surface area contributed by atoms with Crippen LogP contribution >= 0.6 is 0 Å². The summed E-state index contributed by atoms with van der Waals surface area (Å²) in [4.78, 5) is 22.4. The fraction of sp³-hybridized carbons (Fsp3) is 0.800. The number of Topliss-reactive ketones (excluding diaryl/α,β-unsaturated/α-hetero) is 1. The lowest BCUT2D eigenvalue weighted by molar-refractivity contribution is -0.151. The van der Waals surface area contributed by atoms with Crippen LogP contribution in [0.2, 0.25) is 0 Å². The summed E-state index contributed by atoms with van der Waals surface area (Å²) in [7, 11) is 0. The van der Waals surface area contributed by atoms with Crippen LogP contribution in [0.3, 0.4) is 0 Å². The van der Waals surface area contributed by atoms with E-state index in [9.17, 15) is 9.59 Å². The van der Waals surface area contributed by atoms with Gasteiger partial charge in [0.05, 0.1) is 12.5 Å². The van der Waals surface area contributed by atoms with Crippen molar-refractivity contribution in [2.45, 2.75) is 33.1 Å². The smallest absolute Gasteiger partial charge is 0.309 e. The second-order valence-corrected chi connectivity index (χ2v) is 3.62. The average molecular weight is 184 g/mol. The van der Waals surface area contributed by atoms with Gasteiger partial charge in [-0.05, 0) is 19.3 Å². The molecule has 2 unspecified atom stereocenters. The fourth-order valence-corrected chi connectivity index (χ4v) is 1.80. The lowest BCUT2D eigenvalue weighted by Gasteiger charge is -2.25. The highest BCUT2D eigenvalue weighted by molar-refractivity contribution is 5.82. The van der Waals surface area contributed by atoms with Gasteiger partial charge in [0.1, 0.15) is 5.78 Å². The van der Waals surface area contributed by atoms with E-state index in [0.717, 1.165) is 0 Å². The molecule has 1 fully saturated rings. The van der Waals surface area contributed by atoms with Gasteiger partial charge in [0.2, 0.25) is 0 Å². The highest BCUT2D eigenvalue weighted by Gasteiger charge is 2.32. The molecular formula is C10H16O3. The Hall–Kier alpha value is -0.860. The molecule has 0 aromatic rings. The fourth-order valence-electron chi connectivity index (χ4n) is 1.80. The molecule has 1 rings (SSSR count). The largest absolute Gasteiger partial charge is 0.466 e. The highest BCUT2D eigenvalue weighted by atomic mass is 16.5. The maximum atomic E-state index is 11.4. The topological polar surface area (TPSA) is 43.4 Å². The van der Waals surface area contributed by atoms with Gasteiger partial charge in [0, 0.05) is 12.8 Å². The monoisotopic (exact) mass is 184 g/mol. The van der Waals surface area contributed by atoms with E-state index < -0.39 is 0 Å². The van der Waals surface area contributed by atoms with Gasteiger partial charge in [-0.1, -0.05) is 6.92 Å². The van der Waals surface area contributed by atoms with E-state index in [2.05, 4.69) is 0 Å². The van der Waals surface area contributed by atoms with Gasteiger partial charge < -0.3 is 4.74 Å². The van der Waals surface area contributed by atoms with E-state index in [4.69, 9.17) is 4.74 Å². The van der Waals surface area contributed by atoms with E-state index in [1.165, 1.54) is 0 Å². The summed E-state index contributed by atoms with van der Waals surface area (Å²) in [5.41, 5.74) is 0. The normalized spacial score (nSPS) is 28.6. The van der Waals surface area contributed by atoms with Gasteiger partial charge in [0.25, 0.3) is 0 Å². The summed E-state index contributed by atoms with van der Waals surface area (Å²) in [5.74, 6) is 0.230. The zero-order chi connectivity index (χ0) is 9.84. The predicted molar refractivity (Wildman–Crippen MR) is 48.1 cm³/mol. The minimum absolute atomic E-state index is 0.0577. The standard InChI is InChI=1S/C10H16O3/c1-3-13-10(12)9-5-4-8(11)6-7(9)2/h7,9H,3-6H2,1-2H3. The van der Waals surface area contributed by atoms with Crippen LogP contribution in [0.5, 0.6) is 0 Å². The van der Waals surface area contributed by atoms with Gasteiger partial charge in [-0.15, -0.1) is 0 Å². The lowest BCUT2D eigenvalue weighted by Crippen LogP contribution is -2.30. The molecule has 13 heavy (non-hydrogen) atoms. The number of ketones is 1. The minimum atomic E-state index is -0.137. The third kappa shape index (κ3) is 2.54. The molecule has 3 heteroatoms. The van der Waals surface area contributed by atoms with E-state index in [-0.39, 0.29) is 23.6 Å². The summed E-state index contributed by atoms with van der Waals surface area (Å²) in [6, 6.07) is 0. The van der Waals surface area contributed by atoms with Crippen molar-refractivity contribution in [1.29, 1.82) is 0 Å². The number of hydrogen-bond donors (Lipinski definition) is 0. The number of hydrogen-bond acceptors (Lipinski definition) is 3. The van der Waals surface area contributed by atoms with Crippen LogP contribution in [0.1, 0.15) is 33.1 Å². The van der Waals surface area contributed by atoms with Crippen molar-refractivity contribution in [3.05, 3.63) is 0 Å². The van der Waals surface area contributed by atoms with Gasteiger partial charge in [-0.2, -0.15) is 0 Å². The number of rotatable bonds is 2. The van der Waals surface area contributed by atoms with Crippen LogP contribution < -0.4 is 0 Å². The number of carbonyl (C=O) groups is 2. The Balaban J connectivity index is 2.50. The zero-order valence-electron chi connectivity index (χ0n) is 8.21. The third-order valence-electron chi connectivity index (χ3n) is 2.56. The molecule has 0 N–H and O–H groups in total. The maximum Gasteiger partial charge on any atom is 0.309 e. The molecule has 0 heterocycles. The van der Waals surface area contributed by atoms with Crippen molar-refractivity contribution >= 4 is 11.8 Å². The van der Waals surface area contributed by atoms with Crippen molar-refractivity contribution in [1.82, 2.24) is 0 Å². The van der Waals surface area contributed by atoms with Crippen LogP contribution in [0.15, 0.2) is 0 Å². The lowest BCUT2D eigenvalue weighted by atomic mass is 9.80. The first-order chi connectivity index (χ1) is 6.15. The SMILES string of the molecule is CCOC(=O)C1CCC(=O)CC1C. The van der Waals surface area contributed by atoms with Crippen LogP contribution in [-0.4, -0.2) is 18.4 Å². The van der Waals surface area contributed by atoms with E-state index in [1.54, 1.807) is 6.92 Å². The molecule has 0 aromatic heterocycles. The Labute approximate surface area is 78.5 Å². The van der Waals surface area contributed by atoms with Gasteiger partial charge >= 0.3 is 5.97 Å². The van der Waals surface area contributed by atoms with Crippen LogP contribution in [0, 0.1) is 11.8 Å². The summed E-state index contributed by atoms with van der Waals surface area (Å²) in [6.45, 7) is 4.17. The summed E-state index contributed by atoms with van der Waals surface area (Å²) in [6.07, 6.45) is 1.73. The van der Waals surface area contributed by atoms with Crippen molar-refractivity contribution in [3.63, 3.8) is 0 Å². The Morgan fingerprint density at radius 1 is 1.62 bits per heavy atom. The Morgan fingerprint density at radius 3 is 2.85 bits per heavy atom. The Bertz CT molecular complexity index is 210. The molecule has 1 aliphatic rings. The third-order valence-corrected chi connectivity index (χ3v) is 2.56. The van der Waals surface area contributed by atoms with Gasteiger partial charge in [-0.3, -0.25) is 9.59 Å². The van der Waals surface area contributed by atoms with Crippen molar-refractivity contribution in [2.24, 2.45) is 11.8 Å². The number of carbonyl (C=O) groups excluding carboxylic acids is 2. The first-order valence-electron chi connectivity index (χ1n) is 4.83. The summed E-state index contributed by atoms with van der Waals surface area (Å²) in [5, 5.41) is 0. The second-order valence-electron chi connectivity index (χ2n) is 3.62. The molecular weight excluding hydrogens is 168 g/mol. The molecule has 0 spiro atoms. The van der Waals surface area contributed by atoms with E-state index in [1.807, 2.05) is 6.92 Å². The predicted octanol–water partition coefficient (Wildman–Crippen LogP) is 1.55. The van der Waals surface area contributed by atoms with E-state index in [0.29, 0.717) is 25.9 Å². The van der Waals surface area contributed by atoms with Gasteiger partial charge in [-0.25, -0.2) is 0 Å². The maximum absolute atomic E-state index is 11.4. The van der Waals surface area contributed by atoms with Crippen LogP contribution in [-0.2, 0) is 14.3 Å². The quantitative estimate of drug-likeness (QED) is 0.611. The minimum Gasteiger partial charge on any atom is -0.466 e. The molecule has 0 bridgehead atoms. The average Bonchev–Trinajstić information content (AvgIpc) is 2.04. The van der Waals surface area contributed by atoms with Gasteiger partial charge in [0.15, 0.2) is 0 Å². The first-order valence-corrected chi connectivity index (χ1v) is 4.83. The summed E-state index contributed by atoms with van der Waals surface area (Å²) >= 11 is 0. The van der Waals surface area contributed by atoms with Crippen molar-refractivity contribution in [3.8, 4) is 0 Å². The van der Waals surface area contributed by atoms with Crippen LogP contribution in [0.4, 0.5) is 0 Å². The molecule has 1 saturated carbocycles. The number of ether oxygens (including phenoxy) is 1. The molecule has 0 radical (unpaired) electrons. The number of esters is 1. The molecule has 0 saturated heterocycles. The van der Waals surface area contributed by atoms with Crippen molar-refractivity contribution in [2.75, 3.05) is 6.61 Å². The zero-order valence-corrected chi connectivity index (χ0v) is 8.21. The van der Waals surface area contributed by atoms with Crippen molar-refractivity contribution < 1.29 is 14.3 Å². The molecule has 0 amide bonds. The first kappa shape index (κ1) is 10.2. The Morgan fingerprint density at radius 2 is 2.31 bits per heavy atom.